The number of aliphatic carboxylic acids is 1. The summed E-state index contributed by atoms with van der Waals surface area (Å²) in [4.78, 5) is 34.6. The fourth-order valence-electron chi connectivity index (χ4n) is 0.209. The van der Waals surface area contributed by atoms with Crippen molar-refractivity contribution in [3.05, 3.63) is 15.7 Å². The van der Waals surface area contributed by atoms with Crippen LogP contribution in [0.5, 0.6) is 0 Å². The molecule has 0 aromatic rings. The first-order chi connectivity index (χ1) is 6.16. The van der Waals surface area contributed by atoms with E-state index in [1.54, 1.807) is 0 Å². The van der Waals surface area contributed by atoms with Crippen LogP contribution in [0.25, 0.3) is 5.73 Å². The average molecular weight is 392 g/mol. The molecule has 0 heterocycles. The van der Waals surface area contributed by atoms with Crippen LogP contribution >= 0.6 is 0 Å². The van der Waals surface area contributed by atoms with E-state index >= 15 is 0 Å². The van der Waals surface area contributed by atoms with Gasteiger partial charge in [-0.05, 0) is 0 Å². The van der Waals surface area contributed by atoms with E-state index in [2.05, 4.69) is 4.99 Å². The fourth-order valence-corrected chi connectivity index (χ4v) is 0.209. The number of carbonyl (C=O) groups excluding carboxylic acids is 2. The predicted molar refractivity (Wildman–Crippen MR) is 42.3 cm³/mol. The Morgan fingerprint density at radius 3 is 1.80 bits per heavy atom. The van der Waals surface area contributed by atoms with E-state index in [-0.39, 0.29) is 26.5 Å². The Labute approximate surface area is 99.2 Å². The minimum Gasteiger partial charge on any atom is -0.870 e. The number of hydrogen-bond donors (Lipinski definition) is 0. The number of carboxylic acid groups (broad SMARTS) is 1. The fraction of sp³-hybridized carbons (Fsp3) is 0.400. The molecule has 0 aromatic heterocycles. The first-order valence-electron chi connectivity index (χ1n) is 2.67. The molecule has 2 N–H and O–H groups in total. The second kappa shape index (κ2) is 29.3. The van der Waals surface area contributed by atoms with Crippen LogP contribution in [0.4, 0.5) is 0 Å². The maximum atomic E-state index is 10.1. The SMILES string of the molecule is C=O.O=O.[NH-]CC([O-])=NCC(=O)[O-].[OH-].[W]. The van der Waals surface area contributed by atoms with Crippen LogP contribution < -0.4 is 10.2 Å². The summed E-state index contributed by atoms with van der Waals surface area (Å²) in [7, 11) is 0. The molecule has 10 heteroatoms. The van der Waals surface area contributed by atoms with Crippen molar-refractivity contribution in [2.45, 2.75) is 0 Å². The third-order valence-electron chi connectivity index (χ3n) is 0.536. The second-order valence-electron chi connectivity index (χ2n) is 1.26. The Morgan fingerprint density at radius 1 is 1.27 bits per heavy atom. The summed E-state index contributed by atoms with van der Waals surface area (Å²) >= 11 is 0. The minimum absolute atomic E-state index is 0. The van der Waals surface area contributed by atoms with E-state index < -0.39 is 25.0 Å². The van der Waals surface area contributed by atoms with Gasteiger partial charge in [-0.3, -0.25) is 0 Å². The molecular weight excluding hydrogens is 384 g/mol. The number of rotatable bonds is 3. The Balaban J connectivity index is -0.0000000496. The zero-order valence-electron chi connectivity index (χ0n) is 7.37. The number of aliphatic imine (C=N–C) groups is 1. The molecule has 0 spiro atoms. The van der Waals surface area contributed by atoms with Crippen molar-refractivity contribution in [2.75, 3.05) is 13.1 Å². The van der Waals surface area contributed by atoms with E-state index in [1.165, 1.54) is 0 Å². The molecule has 9 nitrogen and oxygen atoms in total. The molecule has 15 heavy (non-hydrogen) atoms. The summed E-state index contributed by atoms with van der Waals surface area (Å²) in [5.41, 5.74) is 6.40. The van der Waals surface area contributed by atoms with E-state index in [1.807, 2.05) is 6.79 Å². The van der Waals surface area contributed by atoms with Crippen LogP contribution in [0.3, 0.4) is 0 Å². The van der Waals surface area contributed by atoms with Crippen LogP contribution in [-0.2, 0) is 30.7 Å². The van der Waals surface area contributed by atoms with Gasteiger partial charge >= 0.3 is 0 Å². The molecule has 0 bridgehead atoms. The molecule has 0 aliphatic rings. The maximum Gasteiger partial charge on any atom is 0.106 e. The first-order valence-corrected chi connectivity index (χ1v) is 2.67. The van der Waals surface area contributed by atoms with Crippen LogP contribution in [0.1, 0.15) is 0 Å². The molecule has 90 valence electrons. The largest absolute Gasteiger partial charge is 0.870 e. The zero-order chi connectivity index (χ0) is 11.3. The van der Waals surface area contributed by atoms with Gasteiger partial charge in [0.15, 0.2) is 0 Å². The van der Waals surface area contributed by atoms with Crippen molar-refractivity contribution in [1.29, 1.82) is 0 Å². The predicted octanol–water partition coefficient (Wildman–Crippen LogP) is -2.75. The van der Waals surface area contributed by atoms with Crippen molar-refractivity contribution >= 4 is 18.7 Å². The summed E-state index contributed by atoms with van der Waals surface area (Å²) in [6.45, 7) is 0.852. The molecule has 0 aliphatic carbocycles. The third-order valence-corrected chi connectivity index (χ3v) is 0.536. The Kier molecular flexibility index (Phi) is 57.0. The van der Waals surface area contributed by atoms with Gasteiger partial charge in [-0.2, -0.15) is 0 Å². The minimum atomic E-state index is -1.41. The molecule has 0 amide bonds. The number of carbonyl (C=O) groups is 2. The van der Waals surface area contributed by atoms with E-state index in [9.17, 15) is 15.0 Å². The summed E-state index contributed by atoms with van der Waals surface area (Å²) in [6.07, 6.45) is 0. The number of nitrogens with one attached hydrogen (secondary N) is 1. The van der Waals surface area contributed by atoms with Gasteiger partial charge < -0.3 is 36.0 Å². The van der Waals surface area contributed by atoms with E-state index in [0.717, 1.165) is 0 Å². The zero-order valence-corrected chi connectivity index (χ0v) is 10.3. The molecule has 0 saturated heterocycles. The molecule has 0 atom stereocenters. The molecule has 0 aliphatic heterocycles. The maximum absolute atomic E-state index is 10.1. The molecule has 0 saturated carbocycles. The van der Waals surface area contributed by atoms with Crippen molar-refractivity contribution in [3.63, 3.8) is 0 Å². The summed E-state index contributed by atoms with van der Waals surface area (Å²) < 4.78 is 0. The van der Waals surface area contributed by atoms with Gasteiger partial charge in [0.1, 0.15) is 6.79 Å². The molecule has 0 fully saturated rings. The van der Waals surface area contributed by atoms with Gasteiger partial charge in [0.2, 0.25) is 0 Å². The molecule has 0 radical (unpaired) electrons. The normalized spacial score (nSPS) is 7.40. The van der Waals surface area contributed by atoms with Crippen molar-refractivity contribution in [2.24, 2.45) is 4.99 Å². The van der Waals surface area contributed by atoms with Gasteiger partial charge in [-0.15, -0.1) is 6.54 Å². The van der Waals surface area contributed by atoms with Gasteiger partial charge in [0.25, 0.3) is 0 Å². The number of carboxylic acids is 1. The third kappa shape index (κ3) is 44.3. The molecule has 0 rings (SSSR count). The smallest absolute Gasteiger partial charge is 0.106 e. The molecule has 0 aromatic carbocycles. The summed E-state index contributed by atoms with van der Waals surface area (Å²) in [5, 5.41) is 19.7. The Bertz CT molecular complexity index is 163. The van der Waals surface area contributed by atoms with Crippen LogP contribution in [0, 0.1) is 9.93 Å². The van der Waals surface area contributed by atoms with Gasteiger partial charge in [0.05, 0.1) is 12.5 Å². The summed E-state index contributed by atoms with van der Waals surface area (Å²) in [6, 6.07) is 0. The van der Waals surface area contributed by atoms with Crippen LogP contribution in [-0.4, -0.2) is 37.2 Å². The molecule has 0 unspecified atom stereocenters. The number of nitrogens with zero attached hydrogens (tertiary/aromatic N) is 1. The van der Waals surface area contributed by atoms with Crippen molar-refractivity contribution in [3.8, 4) is 0 Å². The Morgan fingerprint density at radius 2 is 1.60 bits per heavy atom. The van der Waals surface area contributed by atoms with Gasteiger partial charge in [-0.1, -0.05) is 5.90 Å². The van der Waals surface area contributed by atoms with Crippen LogP contribution in [0.2, 0.25) is 0 Å². The topological polar surface area (TPSA) is 181 Å². The average Bonchev–Trinajstić information content (AvgIpc) is 2.20. The summed E-state index contributed by atoms with van der Waals surface area (Å²) in [5.74, 6) is -2.14. The monoisotopic (exact) mass is 392 g/mol. The standard InChI is InChI=1S/C4H7N2O3.CH2O.O2.H2O.W/c5-1-3(7)6-2-4(8)9;2*1-2;;/h5H,1-2H2,(H,6,7)(H,8,9);1H2;;1H2;/q-1;;;;/p-3. The second-order valence-corrected chi connectivity index (χ2v) is 1.26. The van der Waals surface area contributed by atoms with E-state index in [4.69, 9.17) is 20.5 Å². The Hall–Kier alpha value is -1.18. The van der Waals surface area contributed by atoms with Gasteiger partial charge in [0, 0.05) is 31.0 Å². The van der Waals surface area contributed by atoms with Gasteiger partial charge in [-0.25, -0.2) is 0 Å². The van der Waals surface area contributed by atoms with Crippen LogP contribution in [0.15, 0.2) is 4.99 Å². The first kappa shape index (κ1) is 29.2. The quantitative estimate of drug-likeness (QED) is 0.369. The van der Waals surface area contributed by atoms with Crippen molar-refractivity contribution < 1.29 is 46.3 Å². The number of hydrogen-bond acceptors (Lipinski definition) is 8. The van der Waals surface area contributed by atoms with Crippen molar-refractivity contribution in [1.82, 2.24) is 0 Å². The molecular formula is C5H8N2O7W-4. The van der Waals surface area contributed by atoms with E-state index in [0.29, 0.717) is 0 Å².